The first-order valence-electron chi connectivity index (χ1n) is 6.17. The van der Waals surface area contributed by atoms with Gasteiger partial charge in [-0.25, -0.2) is 4.79 Å². The Kier molecular flexibility index (Phi) is 3.54. The number of carboxylic acids is 1. The quantitative estimate of drug-likeness (QED) is 0.891. The van der Waals surface area contributed by atoms with E-state index < -0.39 is 17.4 Å². The zero-order valence-corrected chi connectivity index (χ0v) is 11.6. The summed E-state index contributed by atoms with van der Waals surface area (Å²) in [5.74, 6) is -1.45. The van der Waals surface area contributed by atoms with E-state index in [1.165, 1.54) is 0 Å². The van der Waals surface area contributed by atoms with E-state index in [-0.39, 0.29) is 5.92 Å². The number of hydrogen-bond acceptors (Lipinski definition) is 2. The number of aliphatic carboxylic acids is 1. The standard InChI is InChI=1S/C14H16ClNO3/c1-8-4-3-5-10(11(8)15)12(17)16-14(2,13(18)19)9-6-7-9/h3-5,9H,6-7H2,1-2H3,(H,16,17)(H,18,19). The van der Waals surface area contributed by atoms with Crippen LogP contribution in [-0.2, 0) is 4.79 Å². The number of rotatable bonds is 4. The summed E-state index contributed by atoms with van der Waals surface area (Å²) < 4.78 is 0. The number of carbonyl (C=O) groups excluding carboxylic acids is 1. The van der Waals surface area contributed by atoms with Gasteiger partial charge in [0.05, 0.1) is 10.6 Å². The minimum Gasteiger partial charge on any atom is -0.480 e. The minimum absolute atomic E-state index is 0.00228. The second kappa shape index (κ2) is 4.85. The summed E-state index contributed by atoms with van der Waals surface area (Å²) in [5.41, 5.74) is -0.114. The van der Waals surface area contributed by atoms with Gasteiger partial charge in [0.1, 0.15) is 5.54 Å². The zero-order valence-electron chi connectivity index (χ0n) is 10.9. The summed E-state index contributed by atoms with van der Waals surface area (Å²) >= 11 is 6.08. The SMILES string of the molecule is Cc1cccc(C(=O)NC(C)(C(=O)O)C2CC2)c1Cl. The Morgan fingerprint density at radius 1 is 1.42 bits per heavy atom. The summed E-state index contributed by atoms with van der Waals surface area (Å²) in [5, 5.41) is 12.3. The lowest BCUT2D eigenvalue weighted by Gasteiger charge is -2.26. The van der Waals surface area contributed by atoms with Crippen molar-refractivity contribution >= 4 is 23.5 Å². The zero-order chi connectivity index (χ0) is 14.2. The van der Waals surface area contributed by atoms with Gasteiger partial charge in [0.15, 0.2) is 0 Å². The Bertz CT molecular complexity index is 539. The Morgan fingerprint density at radius 3 is 2.58 bits per heavy atom. The van der Waals surface area contributed by atoms with Gasteiger partial charge in [0.25, 0.3) is 5.91 Å². The fraction of sp³-hybridized carbons (Fsp3) is 0.429. The lowest BCUT2D eigenvalue weighted by molar-refractivity contribution is -0.144. The van der Waals surface area contributed by atoms with Crippen LogP contribution in [0.3, 0.4) is 0 Å². The Balaban J connectivity index is 2.25. The largest absolute Gasteiger partial charge is 0.480 e. The summed E-state index contributed by atoms with van der Waals surface area (Å²) in [6, 6.07) is 5.13. The molecule has 1 amide bonds. The smallest absolute Gasteiger partial charge is 0.329 e. The summed E-state index contributed by atoms with van der Waals surface area (Å²) in [6.07, 6.45) is 1.65. The summed E-state index contributed by atoms with van der Waals surface area (Å²) in [6.45, 7) is 3.35. The molecule has 1 fully saturated rings. The van der Waals surface area contributed by atoms with Gasteiger partial charge >= 0.3 is 5.97 Å². The van der Waals surface area contributed by atoms with Crippen molar-refractivity contribution in [3.8, 4) is 0 Å². The highest BCUT2D eigenvalue weighted by Gasteiger charge is 2.48. The first-order chi connectivity index (χ1) is 8.86. The van der Waals surface area contributed by atoms with Crippen LogP contribution in [0.2, 0.25) is 5.02 Å². The molecular weight excluding hydrogens is 266 g/mol. The van der Waals surface area contributed by atoms with Crippen molar-refractivity contribution in [2.75, 3.05) is 0 Å². The molecule has 0 radical (unpaired) electrons. The van der Waals surface area contributed by atoms with Gasteiger partial charge in [-0.3, -0.25) is 4.79 Å². The number of carboxylic acid groups (broad SMARTS) is 1. The second-order valence-electron chi connectivity index (χ2n) is 5.17. The average molecular weight is 282 g/mol. The molecule has 1 aromatic carbocycles. The molecule has 1 atom stereocenters. The molecular formula is C14H16ClNO3. The van der Waals surface area contributed by atoms with Crippen molar-refractivity contribution in [1.29, 1.82) is 0 Å². The van der Waals surface area contributed by atoms with Crippen LogP contribution in [0, 0.1) is 12.8 Å². The van der Waals surface area contributed by atoms with Crippen LogP contribution in [0.25, 0.3) is 0 Å². The number of aryl methyl sites for hydroxylation is 1. The first-order valence-corrected chi connectivity index (χ1v) is 6.55. The Morgan fingerprint density at radius 2 is 2.05 bits per heavy atom. The van der Waals surface area contributed by atoms with Gasteiger partial charge in [0, 0.05) is 0 Å². The van der Waals surface area contributed by atoms with Crippen molar-refractivity contribution < 1.29 is 14.7 Å². The first kappa shape index (κ1) is 13.9. The van der Waals surface area contributed by atoms with Crippen LogP contribution in [0.4, 0.5) is 0 Å². The van der Waals surface area contributed by atoms with Gasteiger partial charge in [-0.2, -0.15) is 0 Å². The molecule has 5 heteroatoms. The molecule has 2 rings (SSSR count). The van der Waals surface area contributed by atoms with Crippen molar-refractivity contribution in [3.63, 3.8) is 0 Å². The Hall–Kier alpha value is -1.55. The highest BCUT2D eigenvalue weighted by molar-refractivity contribution is 6.34. The van der Waals surface area contributed by atoms with Crippen LogP contribution >= 0.6 is 11.6 Å². The number of benzene rings is 1. The van der Waals surface area contributed by atoms with Crippen LogP contribution < -0.4 is 5.32 Å². The van der Waals surface area contributed by atoms with E-state index in [4.69, 9.17) is 11.6 Å². The number of amides is 1. The van der Waals surface area contributed by atoms with Crippen LogP contribution in [0.15, 0.2) is 18.2 Å². The van der Waals surface area contributed by atoms with E-state index in [0.29, 0.717) is 10.6 Å². The van der Waals surface area contributed by atoms with Crippen LogP contribution in [0.1, 0.15) is 35.7 Å². The second-order valence-corrected chi connectivity index (χ2v) is 5.55. The van der Waals surface area contributed by atoms with Crippen molar-refractivity contribution in [2.24, 2.45) is 5.92 Å². The maximum Gasteiger partial charge on any atom is 0.329 e. The number of halogens is 1. The predicted octanol–water partition coefficient (Wildman–Crippen LogP) is 2.63. The third-order valence-corrected chi connectivity index (χ3v) is 4.15. The molecule has 0 saturated heterocycles. The Labute approximate surface area is 116 Å². The monoisotopic (exact) mass is 281 g/mol. The van der Waals surface area contributed by atoms with E-state index in [9.17, 15) is 14.7 Å². The topological polar surface area (TPSA) is 66.4 Å². The van der Waals surface area contributed by atoms with Crippen molar-refractivity contribution in [1.82, 2.24) is 5.32 Å². The van der Waals surface area contributed by atoms with Crippen LogP contribution in [-0.4, -0.2) is 22.5 Å². The highest BCUT2D eigenvalue weighted by Crippen LogP contribution is 2.40. The molecule has 0 spiro atoms. The van der Waals surface area contributed by atoms with Gasteiger partial charge in [0.2, 0.25) is 0 Å². The number of nitrogens with one attached hydrogen (secondary N) is 1. The van der Waals surface area contributed by atoms with Gasteiger partial charge < -0.3 is 10.4 Å². The van der Waals surface area contributed by atoms with Crippen LogP contribution in [0.5, 0.6) is 0 Å². The average Bonchev–Trinajstić information content (AvgIpc) is 3.16. The predicted molar refractivity (Wildman–Crippen MR) is 72.4 cm³/mol. The van der Waals surface area contributed by atoms with E-state index in [0.717, 1.165) is 18.4 Å². The molecule has 102 valence electrons. The van der Waals surface area contributed by atoms with Gasteiger partial charge in [-0.1, -0.05) is 23.7 Å². The maximum absolute atomic E-state index is 12.2. The maximum atomic E-state index is 12.2. The lowest BCUT2D eigenvalue weighted by atomic mass is 9.95. The van der Waals surface area contributed by atoms with E-state index >= 15 is 0 Å². The van der Waals surface area contributed by atoms with E-state index in [1.807, 2.05) is 0 Å². The minimum atomic E-state index is -1.22. The third kappa shape index (κ3) is 2.59. The molecule has 0 aromatic heterocycles. The third-order valence-electron chi connectivity index (χ3n) is 3.65. The molecule has 0 heterocycles. The molecule has 1 aromatic rings. The van der Waals surface area contributed by atoms with Crippen molar-refractivity contribution in [2.45, 2.75) is 32.2 Å². The molecule has 19 heavy (non-hydrogen) atoms. The molecule has 0 bridgehead atoms. The normalized spacial score (nSPS) is 17.6. The molecule has 1 unspecified atom stereocenters. The number of hydrogen-bond donors (Lipinski definition) is 2. The van der Waals surface area contributed by atoms with Crippen molar-refractivity contribution in [3.05, 3.63) is 34.3 Å². The molecule has 2 N–H and O–H groups in total. The van der Waals surface area contributed by atoms with Gasteiger partial charge in [-0.05, 0) is 44.2 Å². The summed E-state index contributed by atoms with van der Waals surface area (Å²) in [7, 11) is 0. The number of carbonyl (C=O) groups is 2. The molecule has 1 saturated carbocycles. The molecule has 0 aliphatic heterocycles. The fourth-order valence-electron chi connectivity index (χ4n) is 2.12. The summed E-state index contributed by atoms with van der Waals surface area (Å²) in [4.78, 5) is 23.6. The van der Waals surface area contributed by atoms with E-state index in [2.05, 4.69) is 5.32 Å². The molecule has 4 nitrogen and oxygen atoms in total. The highest BCUT2D eigenvalue weighted by atomic mass is 35.5. The molecule has 1 aliphatic carbocycles. The van der Waals surface area contributed by atoms with E-state index in [1.54, 1.807) is 32.0 Å². The molecule has 1 aliphatic rings. The lowest BCUT2D eigenvalue weighted by Crippen LogP contribution is -2.54. The van der Waals surface area contributed by atoms with Gasteiger partial charge in [-0.15, -0.1) is 0 Å². The fourth-order valence-corrected chi connectivity index (χ4v) is 2.33.